The topological polar surface area (TPSA) is 29.0 Å². The van der Waals surface area contributed by atoms with Crippen molar-refractivity contribution in [2.75, 3.05) is 25.2 Å². The number of rotatable bonds is 4. The van der Waals surface area contributed by atoms with E-state index in [1.807, 2.05) is 30.1 Å². The number of fused-ring (bicyclic) bond motifs is 1. The molecule has 0 spiro atoms. The lowest BCUT2D eigenvalue weighted by Gasteiger charge is -2.16. The van der Waals surface area contributed by atoms with Crippen LogP contribution in [-0.4, -0.2) is 30.2 Å². The van der Waals surface area contributed by atoms with Crippen molar-refractivity contribution in [2.24, 2.45) is 0 Å². The minimum Gasteiger partial charge on any atom is -0.344 e. The standard InChI is InChI=1S/C12H13BrFN3/c1-17(7-3-6-14)12-15-8-9-10(13)4-2-5-11(9)16-12/h2,4-5,8H,3,6-7H2,1H3. The van der Waals surface area contributed by atoms with Crippen molar-refractivity contribution in [3.63, 3.8) is 0 Å². The molecule has 0 aliphatic carbocycles. The summed E-state index contributed by atoms with van der Waals surface area (Å²) in [5.41, 5.74) is 0.886. The smallest absolute Gasteiger partial charge is 0.225 e. The third-order valence-electron chi connectivity index (χ3n) is 2.53. The number of aromatic nitrogens is 2. The van der Waals surface area contributed by atoms with Crippen molar-refractivity contribution < 1.29 is 4.39 Å². The van der Waals surface area contributed by atoms with E-state index in [1.165, 1.54) is 0 Å². The first-order valence-corrected chi connectivity index (χ1v) is 6.20. The molecule has 0 aliphatic rings. The number of halogens is 2. The van der Waals surface area contributed by atoms with Crippen LogP contribution in [0.25, 0.3) is 10.9 Å². The molecule has 1 heterocycles. The molecular weight excluding hydrogens is 285 g/mol. The number of alkyl halides is 1. The highest BCUT2D eigenvalue weighted by molar-refractivity contribution is 9.10. The second-order valence-electron chi connectivity index (χ2n) is 3.81. The van der Waals surface area contributed by atoms with Crippen molar-refractivity contribution in [1.29, 1.82) is 0 Å². The summed E-state index contributed by atoms with van der Waals surface area (Å²) in [6, 6.07) is 5.83. The zero-order chi connectivity index (χ0) is 12.3. The summed E-state index contributed by atoms with van der Waals surface area (Å²) in [5, 5.41) is 0.982. The summed E-state index contributed by atoms with van der Waals surface area (Å²) in [6.07, 6.45) is 2.28. The van der Waals surface area contributed by atoms with Gasteiger partial charge in [-0.25, -0.2) is 9.97 Å². The van der Waals surface area contributed by atoms with Gasteiger partial charge < -0.3 is 4.90 Å². The average molecular weight is 298 g/mol. The number of anilines is 1. The fraction of sp³-hybridized carbons (Fsp3) is 0.333. The summed E-state index contributed by atoms with van der Waals surface area (Å²) < 4.78 is 13.1. The maximum Gasteiger partial charge on any atom is 0.225 e. The highest BCUT2D eigenvalue weighted by atomic mass is 79.9. The first kappa shape index (κ1) is 12.2. The summed E-state index contributed by atoms with van der Waals surface area (Å²) >= 11 is 3.46. The van der Waals surface area contributed by atoms with Crippen molar-refractivity contribution in [3.05, 3.63) is 28.9 Å². The molecule has 0 atom stereocenters. The summed E-state index contributed by atoms with van der Waals surface area (Å²) in [6.45, 7) is 0.305. The van der Waals surface area contributed by atoms with Crippen molar-refractivity contribution >= 4 is 32.8 Å². The SMILES string of the molecule is CN(CCCF)c1ncc2c(Br)cccc2n1. The molecule has 2 aromatic rings. The fourth-order valence-corrected chi connectivity index (χ4v) is 2.05. The molecule has 90 valence electrons. The first-order chi connectivity index (χ1) is 8.22. The molecule has 0 unspecified atom stereocenters. The molecule has 17 heavy (non-hydrogen) atoms. The van der Waals surface area contributed by atoms with Crippen LogP contribution in [0.1, 0.15) is 6.42 Å². The molecule has 1 aromatic heterocycles. The van der Waals surface area contributed by atoms with Gasteiger partial charge in [0.15, 0.2) is 0 Å². The molecule has 2 rings (SSSR count). The van der Waals surface area contributed by atoms with E-state index in [4.69, 9.17) is 0 Å². The van der Waals surface area contributed by atoms with Gasteiger partial charge >= 0.3 is 0 Å². The van der Waals surface area contributed by atoms with Gasteiger partial charge in [0.1, 0.15) is 0 Å². The Morgan fingerprint density at radius 2 is 2.24 bits per heavy atom. The van der Waals surface area contributed by atoms with Crippen LogP contribution in [-0.2, 0) is 0 Å². The Hall–Kier alpha value is -1.23. The Balaban J connectivity index is 2.31. The first-order valence-electron chi connectivity index (χ1n) is 5.41. The molecule has 5 heteroatoms. The van der Waals surface area contributed by atoms with Crippen LogP contribution in [0.4, 0.5) is 10.3 Å². The second kappa shape index (κ2) is 5.40. The van der Waals surface area contributed by atoms with Crippen LogP contribution in [0.2, 0.25) is 0 Å². The van der Waals surface area contributed by atoms with E-state index in [1.54, 1.807) is 6.20 Å². The Labute approximate surface area is 108 Å². The molecule has 0 aliphatic heterocycles. The molecule has 1 aromatic carbocycles. The molecule has 0 saturated carbocycles. The van der Waals surface area contributed by atoms with E-state index >= 15 is 0 Å². The third-order valence-corrected chi connectivity index (χ3v) is 3.22. The highest BCUT2D eigenvalue weighted by Gasteiger charge is 2.06. The lowest BCUT2D eigenvalue weighted by atomic mass is 10.2. The summed E-state index contributed by atoms with van der Waals surface area (Å²) in [5.74, 6) is 0.629. The maximum absolute atomic E-state index is 12.1. The Morgan fingerprint density at radius 3 is 3.00 bits per heavy atom. The van der Waals surface area contributed by atoms with Gasteiger partial charge in [0.05, 0.1) is 12.2 Å². The molecule has 0 amide bonds. The van der Waals surface area contributed by atoms with Gasteiger partial charge in [-0.1, -0.05) is 22.0 Å². The van der Waals surface area contributed by atoms with Crippen molar-refractivity contribution in [2.45, 2.75) is 6.42 Å². The molecular formula is C12H13BrFN3. The van der Waals surface area contributed by atoms with Crippen LogP contribution in [0.3, 0.4) is 0 Å². The van der Waals surface area contributed by atoms with Gasteiger partial charge in [-0.05, 0) is 18.6 Å². The number of hydrogen-bond acceptors (Lipinski definition) is 3. The molecule has 0 fully saturated rings. The molecule has 0 saturated heterocycles. The van der Waals surface area contributed by atoms with Crippen molar-refractivity contribution in [1.82, 2.24) is 9.97 Å². The van der Waals surface area contributed by atoms with Gasteiger partial charge in [0.2, 0.25) is 5.95 Å². The lowest BCUT2D eigenvalue weighted by Crippen LogP contribution is -2.21. The molecule has 0 radical (unpaired) electrons. The number of benzene rings is 1. The number of hydrogen-bond donors (Lipinski definition) is 0. The van der Waals surface area contributed by atoms with E-state index < -0.39 is 0 Å². The Morgan fingerprint density at radius 1 is 1.41 bits per heavy atom. The number of nitrogens with zero attached hydrogens (tertiary/aromatic N) is 3. The minimum absolute atomic E-state index is 0.316. The maximum atomic E-state index is 12.1. The minimum atomic E-state index is -0.316. The molecule has 0 bridgehead atoms. The van der Waals surface area contributed by atoms with E-state index in [0.29, 0.717) is 18.9 Å². The zero-order valence-corrected chi connectivity index (χ0v) is 11.1. The largest absolute Gasteiger partial charge is 0.344 e. The van der Waals surface area contributed by atoms with Gasteiger partial charge in [-0.2, -0.15) is 0 Å². The Kier molecular flexibility index (Phi) is 3.89. The molecule has 0 N–H and O–H groups in total. The summed E-state index contributed by atoms with van der Waals surface area (Å²) in [7, 11) is 1.87. The van der Waals surface area contributed by atoms with Crippen LogP contribution < -0.4 is 4.90 Å². The van der Waals surface area contributed by atoms with Crippen LogP contribution >= 0.6 is 15.9 Å². The lowest BCUT2D eigenvalue weighted by molar-refractivity contribution is 0.473. The van der Waals surface area contributed by atoms with Gasteiger partial charge in [0, 0.05) is 29.6 Å². The van der Waals surface area contributed by atoms with Gasteiger partial charge in [0.25, 0.3) is 0 Å². The Bertz CT molecular complexity index is 518. The van der Waals surface area contributed by atoms with E-state index in [0.717, 1.165) is 15.4 Å². The third kappa shape index (κ3) is 2.72. The van der Waals surface area contributed by atoms with E-state index in [-0.39, 0.29) is 6.67 Å². The average Bonchev–Trinajstić information content (AvgIpc) is 2.36. The van der Waals surface area contributed by atoms with Gasteiger partial charge in [-0.3, -0.25) is 4.39 Å². The van der Waals surface area contributed by atoms with Crippen LogP contribution in [0.15, 0.2) is 28.9 Å². The van der Waals surface area contributed by atoms with Crippen molar-refractivity contribution in [3.8, 4) is 0 Å². The quantitative estimate of drug-likeness (QED) is 0.868. The van der Waals surface area contributed by atoms with E-state index in [2.05, 4.69) is 25.9 Å². The van der Waals surface area contributed by atoms with Gasteiger partial charge in [-0.15, -0.1) is 0 Å². The zero-order valence-electron chi connectivity index (χ0n) is 9.53. The normalized spacial score (nSPS) is 10.8. The predicted octanol–water partition coefficient (Wildman–Crippen LogP) is 3.19. The molecule has 3 nitrogen and oxygen atoms in total. The monoisotopic (exact) mass is 297 g/mol. The predicted molar refractivity (Wildman–Crippen MR) is 71.1 cm³/mol. The van der Waals surface area contributed by atoms with Crippen LogP contribution in [0, 0.1) is 0 Å². The van der Waals surface area contributed by atoms with Crippen LogP contribution in [0.5, 0.6) is 0 Å². The highest BCUT2D eigenvalue weighted by Crippen LogP contribution is 2.22. The summed E-state index contributed by atoms with van der Waals surface area (Å²) in [4.78, 5) is 10.6. The second-order valence-corrected chi connectivity index (χ2v) is 4.66. The fourth-order valence-electron chi connectivity index (χ4n) is 1.59. The van der Waals surface area contributed by atoms with E-state index in [9.17, 15) is 4.39 Å².